The largest absolute Gasteiger partial charge is 0.482 e. The molecule has 0 spiro atoms. The van der Waals surface area contributed by atoms with Crippen LogP contribution in [-0.2, 0) is 11.3 Å². The van der Waals surface area contributed by atoms with Gasteiger partial charge in [-0.3, -0.25) is 4.79 Å². The molecule has 1 amide bonds. The summed E-state index contributed by atoms with van der Waals surface area (Å²) in [5.74, 6) is 6.36. The fourth-order valence-corrected chi connectivity index (χ4v) is 1.60. The van der Waals surface area contributed by atoms with Gasteiger partial charge in [0.15, 0.2) is 6.61 Å². The number of fused-ring (bicyclic) bond motifs is 1. The van der Waals surface area contributed by atoms with E-state index in [0.717, 1.165) is 23.5 Å². The monoisotopic (exact) mass is 230 g/mol. The molecule has 0 aromatic heterocycles. The van der Waals surface area contributed by atoms with Crippen molar-refractivity contribution in [1.82, 2.24) is 5.32 Å². The highest BCUT2D eigenvalue weighted by molar-refractivity contribution is 5.95. The second kappa shape index (κ2) is 5.37. The molecule has 1 aromatic rings. The molecule has 0 atom stereocenters. The van der Waals surface area contributed by atoms with Crippen molar-refractivity contribution in [3.63, 3.8) is 0 Å². The van der Waals surface area contributed by atoms with Gasteiger partial charge in [0.05, 0.1) is 12.2 Å². The van der Waals surface area contributed by atoms with Crippen molar-refractivity contribution in [2.24, 2.45) is 0 Å². The first-order valence-corrected chi connectivity index (χ1v) is 5.45. The molecule has 2 N–H and O–H groups in total. The third kappa shape index (κ3) is 2.99. The summed E-state index contributed by atoms with van der Waals surface area (Å²) in [5.41, 5.74) is 1.83. The van der Waals surface area contributed by atoms with E-state index < -0.39 is 0 Å². The van der Waals surface area contributed by atoms with E-state index in [2.05, 4.69) is 22.5 Å². The van der Waals surface area contributed by atoms with Gasteiger partial charge in [0.2, 0.25) is 0 Å². The number of benzene rings is 1. The lowest BCUT2D eigenvalue weighted by molar-refractivity contribution is -0.118. The van der Waals surface area contributed by atoms with Gasteiger partial charge in [0.1, 0.15) is 5.75 Å². The Hall–Kier alpha value is -1.99. The zero-order chi connectivity index (χ0) is 12.1. The number of hydrogen-bond acceptors (Lipinski definition) is 3. The predicted molar refractivity (Wildman–Crippen MR) is 65.7 cm³/mol. The highest BCUT2D eigenvalue weighted by atomic mass is 16.5. The van der Waals surface area contributed by atoms with E-state index in [1.54, 1.807) is 0 Å². The van der Waals surface area contributed by atoms with Gasteiger partial charge in [0, 0.05) is 6.54 Å². The predicted octanol–water partition coefficient (Wildman–Crippen LogP) is 1.13. The van der Waals surface area contributed by atoms with Gasteiger partial charge >= 0.3 is 0 Å². The topological polar surface area (TPSA) is 50.4 Å². The van der Waals surface area contributed by atoms with Crippen LogP contribution in [0.2, 0.25) is 0 Å². The molecule has 1 aliphatic rings. The molecule has 1 aliphatic heterocycles. The Bertz CT molecular complexity index is 486. The summed E-state index contributed by atoms with van der Waals surface area (Å²) in [6.07, 6.45) is 0. The zero-order valence-corrected chi connectivity index (χ0v) is 9.67. The minimum absolute atomic E-state index is 0.0939. The molecule has 0 saturated carbocycles. The van der Waals surface area contributed by atoms with Crippen LogP contribution in [0.25, 0.3) is 0 Å². The summed E-state index contributed by atoms with van der Waals surface area (Å²) in [6.45, 7) is 3.29. The maximum absolute atomic E-state index is 11.2. The van der Waals surface area contributed by atoms with E-state index in [9.17, 15) is 4.79 Å². The second-order valence-electron chi connectivity index (χ2n) is 3.70. The summed E-state index contributed by atoms with van der Waals surface area (Å²) in [5, 5.41) is 5.98. The lowest BCUT2D eigenvalue weighted by atomic mass is 10.1. The number of ether oxygens (including phenoxy) is 1. The lowest BCUT2D eigenvalue weighted by Gasteiger charge is -2.18. The van der Waals surface area contributed by atoms with Crippen molar-refractivity contribution < 1.29 is 9.53 Å². The fourth-order valence-electron chi connectivity index (χ4n) is 1.60. The molecule has 0 saturated heterocycles. The molecule has 1 aromatic carbocycles. The second-order valence-corrected chi connectivity index (χ2v) is 3.70. The Morgan fingerprint density at radius 1 is 1.53 bits per heavy atom. The Kier molecular flexibility index (Phi) is 3.63. The normalized spacial score (nSPS) is 12.9. The summed E-state index contributed by atoms with van der Waals surface area (Å²) in [6, 6.07) is 5.76. The number of hydrogen-bond donors (Lipinski definition) is 2. The number of amides is 1. The Morgan fingerprint density at radius 2 is 2.41 bits per heavy atom. The molecular formula is C13H14N2O2. The molecule has 0 aliphatic carbocycles. The highest BCUT2D eigenvalue weighted by Gasteiger charge is 2.15. The van der Waals surface area contributed by atoms with Crippen molar-refractivity contribution in [3.05, 3.63) is 23.8 Å². The van der Waals surface area contributed by atoms with Crippen molar-refractivity contribution in [2.75, 3.05) is 18.5 Å². The molecule has 1 heterocycles. The minimum atomic E-state index is -0.112. The Balaban J connectivity index is 2.01. The van der Waals surface area contributed by atoms with Gasteiger partial charge in [-0.1, -0.05) is 12.0 Å². The van der Waals surface area contributed by atoms with Gasteiger partial charge in [-0.05, 0) is 24.6 Å². The van der Waals surface area contributed by atoms with E-state index in [0.29, 0.717) is 6.54 Å². The van der Waals surface area contributed by atoms with Crippen LogP contribution < -0.4 is 15.4 Å². The van der Waals surface area contributed by atoms with E-state index in [1.807, 2.05) is 25.1 Å². The third-order valence-electron chi connectivity index (χ3n) is 2.40. The van der Waals surface area contributed by atoms with Crippen LogP contribution in [0.1, 0.15) is 12.5 Å². The fraction of sp³-hybridized carbons (Fsp3) is 0.308. The number of rotatable bonds is 3. The first-order valence-electron chi connectivity index (χ1n) is 5.45. The zero-order valence-electron chi connectivity index (χ0n) is 9.67. The average Bonchev–Trinajstić information content (AvgIpc) is 2.34. The van der Waals surface area contributed by atoms with Crippen molar-refractivity contribution in [3.8, 4) is 17.6 Å². The standard InChI is InChI=1S/C13H14N2O2/c1-2-3-6-14-8-10-4-5-12-11(7-10)15-13(16)9-17-12/h4-5,7,14H,6,8-9H2,1H3,(H,15,16). The van der Waals surface area contributed by atoms with Gasteiger partial charge in [-0.25, -0.2) is 0 Å². The maximum Gasteiger partial charge on any atom is 0.262 e. The van der Waals surface area contributed by atoms with E-state index in [4.69, 9.17) is 4.74 Å². The van der Waals surface area contributed by atoms with Crippen LogP contribution in [0.4, 0.5) is 5.69 Å². The number of anilines is 1. The van der Waals surface area contributed by atoms with E-state index >= 15 is 0 Å². The molecule has 0 bridgehead atoms. The van der Waals surface area contributed by atoms with Crippen LogP contribution >= 0.6 is 0 Å². The molecule has 4 heteroatoms. The third-order valence-corrected chi connectivity index (χ3v) is 2.40. The minimum Gasteiger partial charge on any atom is -0.482 e. The van der Waals surface area contributed by atoms with Crippen LogP contribution in [0.3, 0.4) is 0 Å². The highest BCUT2D eigenvalue weighted by Crippen LogP contribution is 2.28. The van der Waals surface area contributed by atoms with E-state index in [-0.39, 0.29) is 12.5 Å². The van der Waals surface area contributed by atoms with Gasteiger partial charge in [-0.2, -0.15) is 0 Å². The smallest absolute Gasteiger partial charge is 0.262 e. The number of carbonyl (C=O) groups excluding carboxylic acids is 1. The van der Waals surface area contributed by atoms with Crippen LogP contribution in [-0.4, -0.2) is 19.1 Å². The van der Waals surface area contributed by atoms with Gasteiger partial charge in [0.25, 0.3) is 5.91 Å². The van der Waals surface area contributed by atoms with Crippen molar-refractivity contribution >= 4 is 11.6 Å². The summed E-state index contributed by atoms with van der Waals surface area (Å²) in [4.78, 5) is 11.2. The summed E-state index contributed by atoms with van der Waals surface area (Å²) >= 11 is 0. The molecular weight excluding hydrogens is 216 g/mol. The van der Waals surface area contributed by atoms with Crippen LogP contribution in [0.15, 0.2) is 18.2 Å². The Labute approximate surface area is 100 Å². The van der Waals surface area contributed by atoms with E-state index in [1.165, 1.54) is 0 Å². The van der Waals surface area contributed by atoms with Crippen molar-refractivity contribution in [1.29, 1.82) is 0 Å². The Morgan fingerprint density at radius 3 is 3.24 bits per heavy atom. The maximum atomic E-state index is 11.2. The molecule has 17 heavy (non-hydrogen) atoms. The average molecular weight is 230 g/mol. The molecule has 0 unspecified atom stereocenters. The molecule has 0 radical (unpaired) electrons. The first-order chi connectivity index (χ1) is 8.29. The molecule has 88 valence electrons. The molecule has 4 nitrogen and oxygen atoms in total. The molecule has 0 fully saturated rings. The van der Waals surface area contributed by atoms with Crippen LogP contribution in [0, 0.1) is 11.8 Å². The molecule has 2 rings (SSSR count). The quantitative estimate of drug-likeness (QED) is 0.604. The SMILES string of the molecule is CC#CCNCc1ccc2c(c1)NC(=O)CO2. The first kappa shape index (κ1) is 11.5. The van der Waals surface area contributed by atoms with Gasteiger partial charge < -0.3 is 15.4 Å². The summed E-state index contributed by atoms with van der Waals surface area (Å²) < 4.78 is 5.28. The van der Waals surface area contributed by atoms with Crippen LogP contribution in [0.5, 0.6) is 5.75 Å². The van der Waals surface area contributed by atoms with Gasteiger partial charge in [-0.15, -0.1) is 5.92 Å². The number of nitrogens with one attached hydrogen (secondary N) is 2. The lowest BCUT2D eigenvalue weighted by Crippen LogP contribution is -2.25. The summed E-state index contributed by atoms with van der Waals surface area (Å²) in [7, 11) is 0. The van der Waals surface area contributed by atoms with Crippen molar-refractivity contribution in [2.45, 2.75) is 13.5 Å². The number of carbonyl (C=O) groups is 1.